The highest BCUT2D eigenvalue weighted by atomic mass is 127. The number of para-hydroxylation sites is 1. The molecule has 3 N–H and O–H groups in total. The lowest BCUT2D eigenvalue weighted by atomic mass is 10.00. The lowest BCUT2D eigenvalue weighted by Crippen LogP contribution is -2.44. The second-order valence-corrected chi connectivity index (χ2v) is 7.86. The summed E-state index contributed by atoms with van der Waals surface area (Å²) in [7, 11) is 1.84. The van der Waals surface area contributed by atoms with Gasteiger partial charge in [0.05, 0.1) is 25.4 Å². The van der Waals surface area contributed by atoms with Gasteiger partial charge in [0, 0.05) is 30.9 Å². The van der Waals surface area contributed by atoms with Crippen molar-refractivity contribution >= 4 is 29.9 Å². The van der Waals surface area contributed by atoms with Crippen LogP contribution < -0.4 is 15.4 Å². The molecule has 0 radical (unpaired) electrons. The van der Waals surface area contributed by atoms with E-state index in [1.54, 1.807) is 17.8 Å². The van der Waals surface area contributed by atoms with E-state index >= 15 is 0 Å². The summed E-state index contributed by atoms with van der Waals surface area (Å²) in [5, 5.41) is 21.4. The molecule has 0 amide bonds. The normalized spacial score (nSPS) is 16.6. The van der Waals surface area contributed by atoms with E-state index in [1.807, 2.05) is 38.4 Å². The minimum atomic E-state index is -1.05. The Hall–Kier alpha value is -1.81. The van der Waals surface area contributed by atoms with Crippen LogP contribution in [0.3, 0.4) is 0 Å². The van der Waals surface area contributed by atoms with Crippen LogP contribution in [-0.2, 0) is 19.2 Å². The van der Waals surface area contributed by atoms with Gasteiger partial charge in [0.2, 0.25) is 0 Å². The fourth-order valence-electron chi connectivity index (χ4n) is 3.50. The summed E-state index contributed by atoms with van der Waals surface area (Å²) in [6, 6.07) is 8.10. The first kappa shape index (κ1) is 24.5. The molecule has 1 unspecified atom stereocenters. The summed E-state index contributed by atoms with van der Waals surface area (Å²) in [4.78, 5) is 4.70. The van der Waals surface area contributed by atoms with E-state index in [0.29, 0.717) is 25.2 Å². The third-order valence-electron chi connectivity index (χ3n) is 5.25. The SMILES string of the molecule is CCNC(=NCc1ccccc1OC1CCCC1)NCC(C)(O)c1cnn(C)c1.I. The Morgan fingerprint density at radius 3 is 2.70 bits per heavy atom. The van der Waals surface area contributed by atoms with Gasteiger partial charge in [0.25, 0.3) is 0 Å². The summed E-state index contributed by atoms with van der Waals surface area (Å²) in [5.74, 6) is 1.58. The van der Waals surface area contributed by atoms with Crippen molar-refractivity contribution in [1.29, 1.82) is 0 Å². The molecule has 3 rings (SSSR count). The number of halogens is 1. The summed E-state index contributed by atoms with van der Waals surface area (Å²) in [5.41, 5.74) is 0.780. The van der Waals surface area contributed by atoms with Crippen LogP contribution in [0, 0.1) is 0 Å². The van der Waals surface area contributed by atoms with Gasteiger partial charge in [-0.1, -0.05) is 18.2 Å². The Balaban J connectivity index is 0.00000320. The molecule has 0 spiro atoms. The molecule has 0 saturated heterocycles. The molecule has 2 aromatic rings. The van der Waals surface area contributed by atoms with Crippen molar-refractivity contribution in [3.63, 3.8) is 0 Å². The number of aromatic nitrogens is 2. The van der Waals surface area contributed by atoms with Crippen LogP contribution in [0.25, 0.3) is 0 Å². The minimum absolute atomic E-state index is 0. The van der Waals surface area contributed by atoms with E-state index in [1.165, 1.54) is 12.8 Å². The monoisotopic (exact) mass is 527 g/mol. The number of guanidine groups is 1. The van der Waals surface area contributed by atoms with Gasteiger partial charge in [-0.3, -0.25) is 4.68 Å². The molecule has 1 aromatic carbocycles. The zero-order chi connectivity index (χ0) is 20.7. The Bertz CT molecular complexity index is 815. The molecule has 1 aromatic heterocycles. The molecule has 1 saturated carbocycles. The molecule has 0 bridgehead atoms. The first-order chi connectivity index (χ1) is 14.0. The number of nitrogens with zero attached hydrogens (tertiary/aromatic N) is 3. The van der Waals surface area contributed by atoms with E-state index in [-0.39, 0.29) is 24.0 Å². The molecule has 166 valence electrons. The molecule has 1 atom stereocenters. The largest absolute Gasteiger partial charge is 0.490 e. The highest BCUT2D eigenvalue weighted by Crippen LogP contribution is 2.27. The molecule has 1 aliphatic rings. The Labute approximate surface area is 196 Å². The highest BCUT2D eigenvalue weighted by Gasteiger charge is 2.25. The molecular formula is C22H34IN5O2. The molecule has 7 nitrogen and oxygen atoms in total. The van der Waals surface area contributed by atoms with Crippen molar-refractivity contribution in [3.8, 4) is 5.75 Å². The summed E-state index contributed by atoms with van der Waals surface area (Å²) < 4.78 is 7.90. The zero-order valence-electron chi connectivity index (χ0n) is 18.1. The number of rotatable bonds is 8. The van der Waals surface area contributed by atoms with Crippen molar-refractivity contribution in [1.82, 2.24) is 20.4 Å². The highest BCUT2D eigenvalue weighted by molar-refractivity contribution is 14.0. The van der Waals surface area contributed by atoms with Gasteiger partial charge in [-0.15, -0.1) is 24.0 Å². The summed E-state index contributed by atoms with van der Waals surface area (Å²) in [6.07, 6.45) is 8.58. The zero-order valence-corrected chi connectivity index (χ0v) is 20.4. The minimum Gasteiger partial charge on any atom is -0.490 e. The average Bonchev–Trinajstić information content (AvgIpc) is 3.37. The van der Waals surface area contributed by atoms with E-state index in [4.69, 9.17) is 9.73 Å². The molecule has 1 heterocycles. The molecule has 8 heteroatoms. The van der Waals surface area contributed by atoms with Crippen molar-refractivity contribution in [2.45, 2.75) is 57.8 Å². The first-order valence-electron chi connectivity index (χ1n) is 10.5. The first-order valence-corrected chi connectivity index (χ1v) is 10.5. The van der Waals surface area contributed by atoms with Crippen molar-refractivity contribution < 1.29 is 9.84 Å². The topological polar surface area (TPSA) is 83.7 Å². The van der Waals surface area contributed by atoms with E-state index < -0.39 is 5.60 Å². The molecule has 1 aliphatic carbocycles. The number of ether oxygens (including phenoxy) is 1. The van der Waals surface area contributed by atoms with Gasteiger partial charge in [-0.2, -0.15) is 5.10 Å². The maximum absolute atomic E-state index is 10.8. The molecule has 1 fully saturated rings. The lowest BCUT2D eigenvalue weighted by Gasteiger charge is -2.23. The van der Waals surface area contributed by atoms with Gasteiger partial charge in [0.15, 0.2) is 5.96 Å². The molecule has 30 heavy (non-hydrogen) atoms. The molecule has 0 aliphatic heterocycles. The number of hydrogen-bond acceptors (Lipinski definition) is 4. The fourth-order valence-corrected chi connectivity index (χ4v) is 3.50. The third-order valence-corrected chi connectivity index (χ3v) is 5.25. The predicted molar refractivity (Wildman–Crippen MR) is 130 cm³/mol. The quantitative estimate of drug-likeness (QED) is 0.279. The summed E-state index contributed by atoms with van der Waals surface area (Å²) >= 11 is 0. The lowest BCUT2D eigenvalue weighted by molar-refractivity contribution is 0.0616. The predicted octanol–water partition coefficient (Wildman–Crippen LogP) is 3.32. The van der Waals surface area contributed by atoms with Crippen LogP contribution in [0.15, 0.2) is 41.7 Å². The third kappa shape index (κ3) is 6.87. The van der Waals surface area contributed by atoms with Crippen LogP contribution in [0.5, 0.6) is 5.75 Å². The van der Waals surface area contributed by atoms with Gasteiger partial charge in [-0.05, 0) is 45.6 Å². The van der Waals surface area contributed by atoms with Gasteiger partial charge in [0.1, 0.15) is 11.4 Å². The Morgan fingerprint density at radius 2 is 2.03 bits per heavy atom. The van der Waals surface area contributed by atoms with Gasteiger partial charge < -0.3 is 20.5 Å². The number of aliphatic imine (C=N–C) groups is 1. The molecular weight excluding hydrogens is 493 g/mol. The van der Waals surface area contributed by atoms with Crippen LogP contribution in [0.2, 0.25) is 0 Å². The Morgan fingerprint density at radius 1 is 1.30 bits per heavy atom. The maximum atomic E-state index is 10.8. The van der Waals surface area contributed by atoms with Crippen molar-refractivity contribution in [2.24, 2.45) is 12.0 Å². The van der Waals surface area contributed by atoms with Gasteiger partial charge in [-0.25, -0.2) is 4.99 Å². The number of aliphatic hydroxyl groups is 1. The van der Waals surface area contributed by atoms with Crippen LogP contribution in [0.4, 0.5) is 0 Å². The second-order valence-electron chi connectivity index (χ2n) is 7.86. The summed E-state index contributed by atoms with van der Waals surface area (Å²) in [6.45, 7) is 5.36. The smallest absolute Gasteiger partial charge is 0.191 e. The van der Waals surface area contributed by atoms with Gasteiger partial charge >= 0.3 is 0 Å². The van der Waals surface area contributed by atoms with Crippen LogP contribution in [-0.4, -0.2) is 40.0 Å². The standard InChI is InChI=1S/C22H33N5O2.HI/c1-4-23-21(25-16-22(2,28)18-14-26-27(3)15-18)24-13-17-9-5-8-12-20(17)29-19-10-6-7-11-19;/h5,8-9,12,14-15,19,28H,4,6-7,10-11,13,16H2,1-3H3,(H2,23,24,25);1H. The Kier molecular flexibility index (Phi) is 9.41. The number of nitrogens with one attached hydrogen (secondary N) is 2. The number of benzene rings is 1. The average molecular weight is 527 g/mol. The van der Waals surface area contributed by atoms with E-state index in [9.17, 15) is 5.11 Å². The maximum Gasteiger partial charge on any atom is 0.191 e. The number of aryl methyl sites for hydroxylation is 1. The van der Waals surface area contributed by atoms with Crippen LogP contribution in [0.1, 0.15) is 50.7 Å². The fraction of sp³-hybridized carbons (Fsp3) is 0.545. The van der Waals surface area contributed by atoms with Crippen molar-refractivity contribution in [2.75, 3.05) is 13.1 Å². The van der Waals surface area contributed by atoms with E-state index in [2.05, 4.69) is 21.8 Å². The van der Waals surface area contributed by atoms with E-state index in [0.717, 1.165) is 36.3 Å². The van der Waals surface area contributed by atoms with Crippen LogP contribution >= 0.6 is 24.0 Å². The van der Waals surface area contributed by atoms with Crippen molar-refractivity contribution in [3.05, 3.63) is 47.8 Å². The number of hydrogen-bond donors (Lipinski definition) is 3. The second kappa shape index (κ2) is 11.5.